The van der Waals surface area contributed by atoms with Gasteiger partial charge in [-0.05, 0) is 31.4 Å². The van der Waals surface area contributed by atoms with Gasteiger partial charge in [0.15, 0.2) is 5.78 Å². The molecule has 0 amide bonds. The van der Waals surface area contributed by atoms with Crippen molar-refractivity contribution in [2.75, 3.05) is 6.61 Å². The molecule has 0 aliphatic carbocycles. The average Bonchev–Trinajstić information content (AvgIpc) is 2.98. The van der Waals surface area contributed by atoms with Gasteiger partial charge in [0.05, 0.1) is 0 Å². The molecular weight excluding hydrogens is 260 g/mol. The zero-order chi connectivity index (χ0) is 14.7. The summed E-state index contributed by atoms with van der Waals surface area (Å²) in [4.78, 5) is 12.7. The molecule has 2 aromatic rings. The Morgan fingerprint density at radius 1 is 1.14 bits per heavy atom. The number of benzene rings is 2. The fraction of sp³-hybridized carbons (Fsp3) is 0.316. The number of ether oxygens (including phenoxy) is 1. The van der Waals surface area contributed by atoms with Crippen LogP contribution in [0.3, 0.4) is 0 Å². The average molecular weight is 280 g/mol. The van der Waals surface area contributed by atoms with Gasteiger partial charge in [-0.2, -0.15) is 0 Å². The van der Waals surface area contributed by atoms with Crippen molar-refractivity contribution in [2.45, 2.75) is 31.8 Å². The van der Waals surface area contributed by atoms with E-state index in [1.54, 1.807) is 0 Å². The Kier molecular flexibility index (Phi) is 3.89. The van der Waals surface area contributed by atoms with E-state index in [-0.39, 0.29) is 5.78 Å². The maximum Gasteiger partial charge on any atom is 0.166 e. The van der Waals surface area contributed by atoms with Crippen molar-refractivity contribution in [3.05, 3.63) is 71.3 Å². The van der Waals surface area contributed by atoms with Crippen LogP contribution in [0.15, 0.2) is 54.6 Å². The zero-order valence-corrected chi connectivity index (χ0v) is 12.3. The van der Waals surface area contributed by atoms with Gasteiger partial charge in [-0.1, -0.05) is 54.1 Å². The zero-order valence-electron chi connectivity index (χ0n) is 12.3. The third kappa shape index (κ3) is 2.91. The predicted molar refractivity (Wildman–Crippen MR) is 83.4 cm³/mol. The van der Waals surface area contributed by atoms with Gasteiger partial charge in [-0.25, -0.2) is 0 Å². The Balaban J connectivity index is 1.88. The maximum absolute atomic E-state index is 12.7. The van der Waals surface area contributed by atoms with E-state index in [0.29, 0.717) is 6.42 Å². The van der Waals surface area contributed by atoms with E-state index in [4.69, 9.17) is 4.74 Å². The van der Waals surface area contributed by atoms with Crippen LogP contribution < -0.4 is 0 Å². The molecule has 1 aliphatic heterocycles. The molecule has 2 aromatic carbocycles. The van der Waals surface area contributed by atoms with Crippen LogP contribution in [0.5, 0.6) is 0 Å². The van der Waals surface area contributed by atoms with E-state index in [1.807, 2.05) is 49.4 Å². The second-order valence-corrected chi connectivity index (χ2v) is 5.78. The molecule has 1 fully saturated rings. The summed E-state index contributed by atoms with van der Waals surface area (Å²) in [5, 5.41) is 0. The van der Waals surface area contributed by atoms with Gasteiger partial charge in [-0.15, -0.1) is 0 Å². The lowest BCUT2D eigenvalue weighted by Gasteiger charge is -2.28. The first-order valence-corrected chi connectivity index (χ1v) is 7.49. The summed E-state index contributed by atoms with van der Waals surface area (Å²) >= 11 is 0. The van der Waals surface area contributed by atoms with Crippen molar-refractivity contribution < 1.29 is 9.53 Å². The van der Waals surface area contributed by atoms with Crippen molar-refractivity contribution >= 4 is 5.78 Å². The fourth-order valence-corrected chi connectivity index (χ4v) is 3.09. The summed E-state index contributed by atoms with van der Waals surface area (Å²) in [6.07, 6.45) is 2.34. The number of Topliss-reactive ketones (excluding diaryl/α,β-unsaturated/α-hetero) is 1. The summed E-state index contributed by atoms with van der Waals surface area (Å²) in [6, 6.07) is 17.9. The maximum atomic E-state index is 12.7. The minimum Gasteiger partial charge on any atom is -0.370 e. The Bertz CT molecular complexity index is 625. The third-order valence-corrected chi connectivity index (χ3v) is 4.19. The van der Waals surface area contributed by atoms with Gasteiger partial charge in [-0.3, -0.25) is 4.79 Å². The molecule has 2 nitrogen and oxygen atoms in total. The first kappa shape index (κ1) is 14.0. The Hall–Kier alpha value is -1.93. The first-order chi connectivity index (χ1) is 10.2. The number of carbonyl (C=O) groups is 1. The highest BCUT2D eigenvalue weighted by Gasteiger charge is 2.39. The highest BCUT2D eigenvalue weighted by atomic mass is 16.5. The quantitative estimate of drug-likeness (QED) is 0.782. The van der Waals surface area contributed by atoms with Crippen molar-refractivity contribution in [3.63, 3.8) is 0 Å². The van der Waals surface area contributed by atoms with Gasteiger partial charge in [0.2, 0.25) is 0 Å². The molecule has 0 N–H and O–H groups in total. The van der Waals surface area contributed by atoms with E-state index in [9.17, 15) is 4.79 Å². The number of ketones is 1. The number of hydrogen-bond acceptors (Lipinski definition) is 2. The highest BCUT2D eigenvalue weighted by Crippen LogP contribution is 2.40. The molecule has 0 saturated carbocycles. The molecule has 0 bridgehead atoms. The largest absolute Gasteiger partial charge is 0.370 e. The minimum absolute atomic E-state index is 0.157. The smallest absolute Gasteiger partial charge is 0.166 e. The van der Waals surface area contributed by atoms with E-state index in [2.05, 4.69) is 12.1 Å². The van der Waals surface area contributed by atoms with E-state index in [0.717, 1.165) is 36.1 Å². The second-order valence-electron chi connectivity index (χ2n) is 5.78. The monoisotopic (exact) mass is 280 g/mol. The molecule has 1 atom stereocenters. The Morgan fingerprint density at radius 3 is 2.62 bits per heavy atom. The van der Waals surface area contributed by atoms with Crippen molar-refractivity contribution in [1.82, 2.24) is 0 Å². The van der Waals surface area contributed by atoms with Crippen LogP contribution in [0.4, 0.5) is 0 Å². The van der Waals surface area contributed by atoms with Crippen LogP contribution in [0, 0.1) is 6.92 Å². The Morgan fingerprint density at radius 2 is 1.95 bits per heavy atom. The lowest BCUT2D eigenvalue weighted by molar-refractivity contribution is -0.00323. The third-order valence-electron chi connectivity index (χ3n) is 4.19. The predicted octanol–water partition coefficient (Wildman–Crippen LogP) is 4.27. The first-order valence-electron chi connectivity index (χ1n) is 7.49. The lowest BCUT2D eigenvalue weighted by Crippen LogP contribution is -2.28. The topological polar surface area (TPSA) is 26.3 Å². The molecule has 0 radical (unpaired) electrons. The van der Waals surface area contributed by atoms with E-state index in [1.165, 1.54) is 0 Å². The summed E-state index contributed by atoms with van der Waals surface area (Å²) in [6.45, 7) is 2.74. The summed E-state index contributed by atoms with van der Waals surface area (Å²) in [7, 11) is 0. The summed E-state index contributed by atoms with van der Waals surface area (Å²) in [5.74, 6) is 0.157. The standard InChI is InChI=1S/C19H20O2/c1-15-7-5-8-16(13-15)18(20)14-19(11-6-12-21-19)17-9-3-2-4-10-17/h2-5,7-10,13H,6,11-12,14H2,1H3. The van der Waals surface area contributed by atoms with Crippen molar-refractivity contribution in [1.29, 1.82) is 0 Å². The molecule has 1 unspecified atom stereocenters. The van der Waals surface area contributed by atoms with E-state index >= 15 is 0 Å². The molecule has 1 aliphatic rings. The molecule has 3 rings (SSSR count). The molecule has 21 heavy (non-hydrogen) atoms. The molecular formula is C19H20O2. The lowest BCUT2D eigenvalue weighted by atomic mass is 9.84. The molecule has 0 spiro atoms. The van der Waals surface area contributed by atoms with Crippen LogP contribution in [-0.2, 0) is 10.3 Å². The highest BCUT2D eigenvalue weighted by molar-refractivity contribution is 5.97. The van der Waals surface area contributed by atoms with Crippen LogP contribution >= 0.6 is 0 Å². The van der Waals surface area contributed by atoms with Crippen LogP contribution in [-0.4, -0.2) is 12.4 Å². The SMILES string of the molecule is Cc1cccc(C(=O)CC2(c3ccccc3)CCCO2)c1. The molecule has 108 valence electrons. The van der Waals surface area contributed by atoms with Crippen LogP contribution in [0.1, 0.15) is 40.7 Å². The second kappa shape index (κ2) is 5.82. The Labute approximate surface area is 125 Å². The molecule has 1 saturated heterocycles. The molecule has 1 heterocycles. The fourth-order valence-electron chi connectivity index (χ4n) is 3.09. The van der Waals surface area contributed by atoms with E-state index < -0.39 is 5.60 Å². The molecule has 0 aromatic heterocycles. The number of aryl methyl sites for hydroxylation is 1. The van der Waals surface area contributed by atoms with Crippen LogP contribution in [0.2, 0.25) is 0 Å². The number of carbonyl (C=O) groups excluding carboxylic acids is 1. The number of hydrogen-bond donors (Lipinski definition) is 0. The molecule has 2 heteroatoms. The minimum atomic E-state index is -0.442. The van der Waals surface area contributed by atoms with Gasteiger partial charge >= 0.3 is 0 Å². The van der Waals surface area contributed by atoms with Crippen molar-refractivity contribution in [2.24, 2.45) is 0 Å². The van der Waals surface area contributed by atoms with Gasteiger partial charge in [0, 0.05) is 18.6 Å². The summed E-state index contributed by atoms with van der Waals surface area (Å²) in [5.41, 5.74) is 2.56. The van der Waals surface area contributed by atoms with Gasteiger partial charge < -0.3 is 4.74 Å². The normalized spacial score (nSPS) is 21.4. The van der Waals surface area contributed by atoms with Crippen molar-refractivity contribution in [3.8, 4) is 0 Å². The number of rotatable bonds is 4. The summed E-state index contributed by atoms with van der Waals surface area (Å²) < 4.78 is 6.03. The van der Waals surface area contributed by atoms with Gasteiger partial charge in [0.1, 0.15) is 5.60 Å². The van der Waals surface area contributed by atoms with Crippen LogP contribution in [0.25, 0.3) is 0 Å². The van der Waals surface area contributed by atoms with Gasteiger partial charge in [0.25, 0.3) is 0 Å².